The number of amides is 3. The number of urea groups is 1. The van der Waals surface area contributed by atoms with Crippen LogP contribution in [0.15, 0.2) is 59.1 Å². The van der Waals surface area contributed by atoms with Crippen LogP contribution in [0.5, 0.6) is 0 Å². The van der Waals surface area contributed by atoms with E-state index in [-0.39, 0.29) is 29.6 Å². The molecule has 1 heterocycles. The van der Waals surface area contributed by atoms with E-state index in [1.807, 2.05) is 49.4 Å². The van der Waals surface area contributed by atoms with Crippen LogP contribution in [0.1, 0.15) is 36.2 Å². The van der Waals surface area contributed by atoms with Gasteiger partial charge in [-0.05, 0) is 61.7 Å². The molecule has 0 aliphatic rings. The van der Waals surface area contributed by atoms with Crippen LogP contribution in [-0.4, -0.2) is 17.1 Å². The van der Waals surface area contributed by atoms with Gasteiger partial charge < -0.3 is 20.5 Å². The predicted molar refractivity (Wildman–Crippen MR) is 117 cm³/mol. The van der Waals surface area contributed by atoms with Gasteiger partial charge in [0.15, 0.2) is 0 Å². The van der Waals surface area contributed by atoms with Crippen molar-refractivity contribution in [2.24, 2.45) is 0 Å². The van der Waals surface area contributed by atoms with Gasteiger partial charge in [0.2, 0.25) is 11.1 Å². The van der Waals surface area contributed by atoms with Crippen LogP contribution in [0.3, 0.4) is 0 Å². The average molecular weight is 427 g/mol. The second kappa shape index (κ2) is 9.93. The van der Waals surface area contributed by atoms with Crippen molar-refractivity contribution in [3.05, 3.63) is 76.6 Å². The summed E-state index contributed by atoms with van der Waals surface area (Å²) < 4.78 is 4.90. The Labute approximate surface area is 179 Å². The number of benzene rings is 2. The molecule has 0 saturated carbocycles. The van der Waals surface area contributed by atoms with Crippen molar-refractivity contribution < 1.29 is 14.1 Å². The third-order valence-corrected chi connectivity index (χ3v) is 4.91. The third kappa shape index (κ3) is 5.84. The molecule has 156 valence electrons. The van der Waals surface area contributed by atoms with Gasteiger partial charge in [0.25, 0.3) is 0 Å². The monoisotopic (exact) mass is 426 g/mol. The largest absolute Gasteiger partial charge is 0.350 e. The standard InChI is InChI=1S/C22H23ClN4O3/c1-14(24-20(28)13-12-19-15(2)27-30-21(19)23)16-8-10-18(11-9-16)26-22(29)25-17-6-4-3-5-7-17/h3-11,14H,12-13H2,1-2H3,(H,24,28)(H2,25,26,29). The highest BCUT2D eigenvalue weighted by Gasteiger charge is 2.14. The van der Waals surface area contributed by atoms with Gasteiger partial charge in [-0.1, -0.05) is 35.5 Å². The maximum atomic E-state index is 12.3. The van der Waals surface area contributed by atoms with Gasteiger partial charge in [-0.25, -0.2) is 4.79 Å². The first kappa shape index (κ1) is 21.4. The first-order valence-electron chi connectivity index (χ1n) is 9.55. The summed E-state index contributed by atoms with van der Waals surface area (Å²) in [6.07, 6.45) is 0.748. The van der Waals surface area contributed by atoms with E-state index in [0.29, 0.717) is 23.5 Å². The Morgan fingerprint density at radius 3 is 2.27 bits per heavy atom. The van der Waals surface area contributed by atoms with E-state index < -0.39 is 0 Å². The zero-order valence-corrected chi connectivity index (χ0v) is 17.5. The normalized spacial score (nSPS) is 11.6. The Morgan fingerprint density at radius 1 is 1.03 bits per heavy atom. The van der Waals surface area contributed by atoms with Gasteiger partial charge in [-0.15, -0.1) is 0 Å². The molecule has 3 amide bonds. The molecule has 2 aromatic carbocycles. The average Bonchev–Trinajstić information content (AvgIpc) is 3.05. The lowest BCUT2D eigenvalue weighted by Gasteiger charge is -2.15. The third-order valence-electron chi connectivity index (χ3n) is 4.62. The zero-order chi connectivity index (χ0) is 21.5. The Hall–Kier alpha value is -3.32. The first-order valence-corrected chi connectivity index (χ1v) is 9.93. The molecule has 0 radical (unpaired) electrons. The smallest absolute Gasteiger partial charge is 0.323 e. The Morgan fingerprint density at radius 2 is 1.67 bits per heavy atom. The van der Waals surface area contributed by atoms with E-state index in [0.717, 1.165) is 11.1 Å². The number of hydrogen-bond donors (Lipinski definition) is 3. The van der Waals surface area contributed by atoms with Gasteiger partial charge in [0, 0.05) is 23.4 Å². The predicted octanol–water partition coefficient (Wildman–Crippen LogP) is 5.09. The zero-order valence-electron chi connectivity index (χ0n) is 16.7. The highest BCUT2D eigenvalue weighted by molar-refractivity contribution is 6.29. The van der Waals surface area contributed by atoms with Crippen molar-refractivity contribution in [3.8, 4) is 0 Å². The molecule has 30 heavy (non-hydrogen) atoms. The molecule has 0 fully saturated rings. The molecule has 1 unspecified atom stereocenters. The van der Waals surface area contributed by atoms with E-state index in [1.165, 1.54) is 0 Å². The van der Waals surface area contributed by atoms with Crippen molar-refractivity contribution in [2.75, 3.05) is 10.6 Å². The summed E-state index contributed by atoms with van der Waals surface area (Å²) in [6.45, 7) is 3.70. The van der Waals surface area contributed by atoms with E-state index in [4.69, 9.17) is 16.1 Å². The Bertz CT molecular complexity index is 983. The summed E-state index contributed by atoms with van der Waals surface area (Å²) in [5.74, 6) is -0.0939. The summed E-state index contributed by atoms with van der Waals surface area (Å²) in [7, 11) is 0. The fourth-order valence-electron chi connectivity index (χ4n) is 2.95. The van der Waals surface area contributed by atoms with Crippen LogP contribution in [-0.2, 0) is 11.2 Å². The second-order valence-electron chi connectivity index (χ2n) is 6.88. The van der Waals surface area contributed by atoms with Crippen LogP contribution >= 0.6 is 11.6 Å². The maximum absolute atomic E-state index is 12.3. The quantitative estimate of drug-likeness (QED) is 0.490. The van der Waals surface area contributed by atoms with Crippen molar-refractivity contribution in [2.45, 2.75) is 32.7 Å². The molecular weight excluding hydrogens is 404 g/mol. The van der Waals surface area contributed by atoms with Gasteiger partial charge >= 0.3 is 6.03 Å². The molecule has 1 aromatic heterocycles. The van der Waals surface area contributed by atoms with Crippen molar-refractivity contribution in [3.63, 3.8) is 0 Å². The SMILES string of the molecule is Cc1noc(Cl)c1CCC(=O)NC(C)c1ccc(NC(=O)Nc2ccccc2)cc1. The van der Waals surface area contributed by atoms with Crippen LogP contribution in [0, 0.1) is 6.92 Å². The van der Waals surface area contributed by atoms with Crippen LogP contribution in [0.25, 0.3) is 0 Å². The van der Waals surface area contributed by atoms with Crippen molar-refractivity contribution >= 4 is 34.9 Å². The molecule has 0 bridgehead atoms. The number of carbonyl (C=O) groups excluding carboxylic acids is 2. The van der Waals surface area contributed by atoms with Crippen LogP contribution < -0.4 is 16.0 Å². The summed E-state index contributed by atoms with van der Waals surface area (Å²) in [4.78, 5) is 24.3. The molecular formula is C22H23ClN4O3. The minimum absolute atomic E-state index is 0.0939. The summed E-state index contributed by atoms with van der Waals surface area (Å²) >= 11 is 5.93. The molecule has 0 aliphatic carbocycles. The van der Waals surface area contributed by atoms with Crippen molar-refractivity contribution in [1.29, 1.82) is 0 Å². The fraction of sp³-hybridized carbons (Fsp3) is 0.227. The van der Waals surface area contributed by atoms with Crippen molar-refractivity contribution in [1.82, 2.24) is 10.5 Å². The molecule has 0 spiro atoms. The van der Waals surface area contributed by atoms with E-state index in [9.17, 15) is 9.59 Å². The lowest BCUT2D eigenvalue weighted by molar-refractivity contribution is -0.121. The van der Waals surface area contributed by atoms with Crippen LogP contribution in [0.4, 0.5) is 16.2 Å². The van der Waals surface area contributed by atoms with E-state index in [2.05, 4.69) is 21.1 Å². The molecule has 7 nitrogen and oxygen atoms in total. The van der Waals surface area contributed by atoms with E-state index >= 15 is 0 Å². The minimum atomic E-state index is -0.321. The molecule has 3 N–H and O–H groups in total. The topological polar surface area (TPSA) is 96.3 Å². The fourth-order valence-corrected chi connectivity index (χ4v) is 3.21. The summed E-state index contributed by atoms with van der Waals surface area (Å²) in [6, 6.07) is 16.0. The summed E-state index contributed by atoms with van der Waals surface area (Å²) in [5, 5.41) is 12.5. The molecule has 8 heteroatoms. The minimum Gasteiger partial charge on any atom is -0.350 e. The molecule has 3 rings (SSSR count). The van der Waals surface area contributed by atoms with Gasteiger partial charge in [-0.2, -0.15) is 0 Å². The first-order chi connectivity index (χ1) is 14.4. The number of hydrogen-bond acceptors (Lipinski definition) is 4. The molecule has 1 atom stereocenters. The lowest BCUT2D eigenvalue weighted by Crippen LogP contribution is -2.26. The number of anilines is 2. The number of carbonyl (C=O) groups is 2. The number of halogens is 1. The number of nitrogens with one attached hydrogen (secondary N) is 3. The highest BCUT2D eigenvalue weighted by atomic mass is 35.5. The Kier molecular flexibility index (Phi) is 7.08. The van der Waals surface area contributed by atoms with Gasteiger partial charge in [0.05, 0.1) is 11.7 Å². The number of aromatic nitrogens is 1. The van der Waals surface area contributed by atoms with Crippen LogP contribution in [0.2, 0.25) is 5.22 Å². The summed E-state index contributed by atoms with van der Waals surface area (Å²) in [5.41, 5.74) is 3.74. The number of aryl methyl sites for hydroxylation is 1. The lowest BCUT2D eigenvalue weighted by atomic mass is 10.1. The van der Waals surface area contributed by atoms with Gasteiger partial charge in [0.1, 0.15) is 0 Å². The maximum Gasteiger partial charge on any atom is 0.323 e. The molecule has 3 aromatic rings. The molecule has 0 aliphatic heterocycles. The second-order valence-corrected chi connectivity index (χ2v) is 7.22. The highest BCUT2D eigenvalue weighted by Crippen LogP contribution is 2.21. The van der Waals surface area contributed by atoms with Gasteiger partial charge in [-0.3, -0.25) is 4.79 Å². The Balaban J connectivity index is 1.48. The number of nitrogens with zero attached hydrogens (tertiary/aromatic N) is 1. The molecule has 0 saturated heterocycles. The van der Waals surface area contributed by atoms with E-state index in [1.54, 1.807) is 19.1 Å². The number of para-hydroxylation sites is 1. The number of rotatable bonds is 7.